The molecule has 120 valence electrons. The Morgan fingerprint density at radius 2 is 2.23 bits per heavy atom. The molecular weight excluding hydrogens is 322 g/mol. The predicted octanol–water partition coefficient (Wildman–Crippen LogP) is 2.83. The van der Waals surface area contributed by atoms with Gasteiger partial charge in [0.05, 0.1) is 28.0 Å². The molecule has 2 N–H and O–H groups in total. The molecular formula is C15H20ClN3O2S. The molecule has 22 heavy (non-hydrogen) atoms. The second-order valence-corrected chi connectivity index (χ2v) is 6.68. The van der Waals surface area contributed by atoms with Crippen LogP contribution in [0.15, 0.2) is 12.1 Å². The van der Waals surface area contributed by atoms with Gasteiger partial charge in [0.25, 0.3) is 0 Å². The lowest BCUT2D eigenvalue weighted by Gasteiger charge is -2.31. The van der Waals surface area contributed by atoms with Gasteiger partial charge in [0.1, 0.15) is 5.75 Å². The van der Waals surface area contributed by atoms with E-state index in [9.17, 15) is 4.79 Å². The largest absolute Gasteiger partial charge is 0.494 e. The highest BCUT2D eigenvalue weighted by molar-refractivity contribution is 7.18. The predicted molar refractivity (Wildman–Crippen MR) is 92.3 cm³/mol. The SMILES string of the molecule is COc1cc2nc(C)sc2cc1NC(=O)C(C)C1CNC1.Cl. The number of aryl methyl sites for hydroxylation is 1. The van der Waals surface area contributed by atoms with Gasteiger partial charge in [-0.25, -0.2) is 4.98 Å². The lowest BCUT2D eigenvalue weighted by Crippen LogP contribution is -2.48. The highest BCUT2D eigenvalue weighted by Crippen LogP contribution is 2.33. The molecule has 1 aliphatic rings. The summed E-state index contributed by atoms with van der Waals surface area (Å²) in [7, 11) is 1.61. The lowest BCUT2D eigenvalue weighted by atomic mass is 9.88. The van der Waals surface area contributed by atoms with E-state index in [-0.39, 0.29) is 24.2 Å². The molecule has 1 saturated heterocycles. The summed E-state index contributed by atoms with van der Waals surface area (Å²) in [6.45, 7) is 5.78. The standard InChI is InChI=1S/C15H19N3O2S.ClH/c1-8(10-6-16-7-10)15(19)18-11-5-14-12(4-13(11)20-3)17-9(2)21-14;/h4-5,8,10,16H,6-7H2,1-3H3,(H,18,19);1H. The molecule has 1 aromatic carbocycles. The summed E-state index contributed by atoms with van der Waals surface area (Å²) in [4.78, 5) is 16.8. The van der Waals surface area contributed by atoms with Crippen molar-refractivity contribution in [2.75, 3.05) is 25.5 Å². The molecule has 0 radical (unpaired) electrons. The van der Waals surface area contributed by atoms with E-state index in [1.165, 1.54) is 0 Å². The number of halogens is 1. The number of hydrogen-bond acceptors (Lipinski definition) is 5. The Hall–Kier alpha value is -1.37. The van der Waals surface area contributed by atoms with Crippen molar-refractivity contribution < 1.29 is 9.53 Å². The number of carbonyl (C=O) groups excluding carboxylic acids is 1. The summed E-state index contributed by atoms with van der Waals surface area (Å²) >= 11 is 1.61. The van der Waals surface area contributed by atoms with Crippen molar-refractivity contribution in [3.8, 4) is 5.75 Å². The van der Waals surface area contributed by atoms with Crippen LogP contribution in [-0.2, 0) is 4.79 Å². The number of aromatic nitrogens is 1. The fourth-order valence-electron chi connectivity index (χ4n) is 2.46. The molecule has 7 heteroatoms. The van der Waals surface area contributed by atoms with Crippen molar-refractivity contribution in [2.24, 2.45) is 11.8 Å². The van der Waals surface area contributed by atoms with Gasteiger partial charge in [-0.15, -0.1) is 23.7 Å². The number of ether oxygens (including phenoxy) is 1. The van der Waals surface area contributed by atoms with Crippen molar-refractivity contribution in [2.45, 2.75) is 13.8 Å². The fraction of sp³-hybridized carbons (Fsp3) is 0.467. The number of anilines is 1. The van der Waals surface area contributed by atoms with E-state index in [1.54, 1.807) is 18.4 Å². The number of carbonyl (C=O) groups is 1. The van der Waals surface area contributed by atoms with E-state index in [0.29, 0.717) is 11.7 Å². The van der Waals surface area contributed by atoms with Crippen LogP contribution in [0.2, 0.25) is 0 Å². The zero-order valence-corrected chi connectivity index (χ0v) is 14.4. The molecule has 2 heterocycles. The molecule has 1 amide bonds. The van der Waals surface area contributed by atoms with Gasteiger partial charge in [0.2, 0.25) is 5.91 Å². The normalized spacial score (nSPS) is 15.8. The summed E-state index contributed by atoms with van der Waals surface area (Å²) in [5.74, 6) is 1.11. The first kappa shape index (κ1) is 17.0. The summed E-state index contributed by atoms with van der Waals surface area (Å²) < 4.78 is 6.44. The Bertz CT molecular complexity index is 685. The smallest absolute Gasteiger partial charge is 0.227 e. The van der Waals surface area contributed by atoms with Gasteiger partial charge in [-0.1, -0.05) is 6.92 Å². The number of nitrogens with one attached hydrogen (secondary N) is 2. The van der Waals surface area contributed by atoms with Gasteiger partial charge < -0.3 is 15.4 Å². The number of fused-ring (bicyclic) bond motifs is 1. The van der Waals surface area contributed by atoms with E-state index >= 15 is 0 Å². The van der Waals surface area contributed by atoms with Gasteiger partial charge in [0, 0.05) is 12.0 Å². The second kappa shape index (κ2) is 6.81. The van der Waals surface area contributed by atoms with Crippen molar-refractivity contribution in [1.82, 2.24) is 10.3 Å². The number of nitrogens with zero attached hydrogens (tertiary/aromatic N) is 1. The highest BCUT2D eigenvalue weighted by atomic mass is 35.5. The van der Waals surface area contributed by atoms with Gasteiger partial charge >= 0.3 is 0 Å². The third-order valence-electron chi connectivity index (χ3n) is 4.01. The Balaban J connectivity index is 0.00000176. The van der Waals surface area contributed by atoms with Gasteiger partial charge in [0.15, 0.2) is 0 Å². The van der Waals surface area contributed by atoms with Crippen LogP contribution in [-0.4, -0.2) is 31.1 Å². The van der Waals surface area contributed by atoms with E-state index < -0.39 is 0 Å². The average molecular weight is 342 g/mol. The Morgan fingerprint density at radius 3 is 2.82 bits per heavy atom. The topological polar surface area (TPSA) is 63.2 Å². The highest BCUT2D eigenvalue weighted by Gasteiger charge is 2.29. The number of amides is 1. The van der Waals surface area contributed by atoms with Crippen LogP contribution in [0.1, 0.15) is 11.9 Å². The van der Waals surface area contributed by atoms with Crippen molar-refractivity contribution >= 4 is 45.6 Å². The third kappa shape index (κ3) is 3.19. The van der Waals surface area contributed by atoms with E-state index in [1.807, 2.05) is 26.0 Å². The number of hydrogen-bond donors (Lipinski definition) is 2. The van der Waals surface area contributed by atoms with Crippen LogP contribution in [0.25, 0.3) is 10.2 Å². The van der Waals surface area contributed by atoms with E-state index in [4.69, 9.17) is 4.74 Å². The van der Waals surface area contributed by atoms with Crippen LogP contribution in [0.5, 0.6) is 5.75 Å². The minimum absolute atomic E-state index is 0. The molecule has 1 atom stereocenters. The minimum Gasteiger partial charge on any atom is -0.494 e. The molecule has 1 aromatic heterocycles. The van der Waals surface area contributed by atoms with Crippen molar-refractivity contribution in [1.29, 1.82) is 0 Å². The Morgan fingerprint density at radius 1 is 1.50 bits per heavy atom. The number of thiazole rings is 1. The zero-order valence-electron chi connectivity index (χ0n) is 12.8. The molecule has 0 spiro atoms. The zero-order chi connectivity index (χ0) is 15.0. The fourth-order valence-corrected chi connectivity index (χ4v) is 3.31. The molecule has 3 rings (SSSR count). The van der Waals surface area contributed by atoms with Crippen LogP contribution in [0.3, 0.4) is 0 Å². The van der Waals surface area contributed by atoms with Crippen LogP contribution in [0, 0.1) is 18.8 Å². The average Bonchev–Trinajstić information content (AvgIpc) is 2.74. The van der Waals surface area contributed by atoms with Crippen molar-refractivity contribution in [3.05, 3.63) is 17.1 Å². The van der Waals surface area contributed by atoms with Crippen LogP contribution >= 0.6 is 23.7 Å². The summed E-state index contributed by atoms with van der Waals surface area (Å²) in [6, 6.07) is 3.83. The van der Waals surface area contributed by atoms with E-state index in [2.05, 4.69) is 15.6 Å². The maximum absolute atomic E-state index is 12.3. The molecule has 0 saturated carbocycles. The molecule has 2 aromatic rings. The van der Waals surface area contributed by atoms with Gasteiger partial charge in [-0.2, -0.15) is 0 Å². The maximum atomic E-state index is 12.3. The van der Waals surface area contributed by atoms with Crippen molar-refractivity contribution in [3.63, 3.8) is 0 Å². The summed E-state index contributed by atoms with van der Waals surface area (Å²) in [5.41, 5.74) is 1.63. The molecule has 1 fully saturated rings. The minimum atomic E-state index is -0.00477. The first-order valence-electron chi connectivity index (χ1n) is 7.05. The molecule has 0 aliphatic carbocycles. The Labute approximate surface area is 139 Å². The molecule has 1 aliphatic heterocycles. The Kier molecular flexibility index (Phi) is 5.26. The van der Waals surface area contributed by atoms with E-state index in [0.717, 1.165) is 34.0 Å². The molecule has 0 bridgehead atoms. The first-order chi connectivity index (χ1) is 10.1. The monoisotopic (exact) mass is 341 g/mol. The number of rotatable bonds is 4. The summed E-state index contributed by atoms with van der Waals surface area (Å²) in [5, 5.41) is 7.20. The maximum Gasteiger partial charge on any atom is 0.227 e. The number of methoxy groups -OCH3 is 1. The van der Waals surface area contributed by atoms with Gasteiger partial charge in [-0.3, -0.25) is 4.79 Å². The molecule has 5 nitrogen and oxygen atoms in total. The molecule has 1 unspecified atom stereocenters. The number of benzene rings is 1. The lowest BCUT2D eigenvalue weighted by molar-refractivity contribution is -0.121. The van der Waals surface area contributed by atoms with Crippen LogP contribution < -0.4 is 15.4 Å². The quantitative estimate of drug-likeness (QED) is 0.897. The summed E-state index contributed by atoms with van der Waals surface area (Å²) in [6.07, 6.45) is 0. The second-order valence-electron chi connectivity index (χ2n) is 5.45. The third-order valence-corrected chi connectivity index (χ3v) is 4.94. The first-order valence-corrected chi connectivity index (χ1v) is 7.87. The van der Waals surface area contributed by atoms with Crippen LogP contribution in [0.4, 0.5) is 5.69 Å². The van der Waals surface area contributed by atoms with Gasteiger partial charge in [-0.05, 0) is 32.0 Å².